The van der Waals surface area contributed by atoms with Crippen molar-refractivity contribution >= 4 is 21.6 Å². The lowest BCUT2D eigenvalue weighted by atomic mass is 10.1. The molecule has 2 rings (SSSR count). The molecule has 0 spiro atoms. The van der Waals surface area contributed by atoms with Crippen LogP contribution in [0.2, 0.25) is 5.02 Å². The van der Waals surface area contributed by atoms with Gasteiger partial charge < -0.3 is 5.11 Å². The number of hydrogen-bond acceptors (Lipinski definition) is 3. The van der Waals surface area contributed by atoms with E-state index in [-0.39, 0.29) is 17.4 Å². The summed E-state index contributed by atoms with van der Waals surface area (Å²) in [4.78, 5) is 0.251. The summed E-state index contributed by atoms with van der Waals surface area (Å²) in [6.45, 7) is 2.53. The van der Waals surface area contributed by atoms with Crippen molar-refractivity contribution in [3.63, 3.8) is 0 Å². The van der Waals surface area contributed by atoms with Gasteiger partial charge in [0.15, 0.2) is 0 Å². The van der Waals surface area contributed by atoms with Crippen LogP contribution in [-0.2, 0) is 10.0 Å². The van der Waals surface area contributed by atoms with Gasteiger partial charge in [0.2, 0.25) is 10.0 Å². The van der Waals surface area contributed by atoms with Gasteiger partial charge in [-0.1, -0.05) is 17.7 Å². The zero-order valence-corrected chi connectivity index (χ0v) is 11.0. The van der Waals surface area contributed by atoms with Crippen LogP contribution in [0.5, 0.6) is 0 Å². The van der Waals surface area contributed by atoms with Crippen LogP contribution in [0.15, 0.2) is 23.1 Å². The zero-order chi connectivity index (χ0) is 12.6. The van der Waals surface area contributed by atoms with Crippen molar-refractivity contribution < 1.29 is 13.5 Å². The molecule has 0 unspecified atom stereocenters. The number of aryl methyl sites for hydroxylation is 1. The lowest BCUT2D eigenvalue weighted by Crippen LogP contribution is -2.51. The number of nitrogens with zero attached hydrogens (tertiary/aromatic N) is 1. The average molecular weight is 276 g/mol. The Bertz CT molecular complexity index is 524. The Morgan fingerprint density at radius 2 is 2.12 bits per heavy atom. The fourth-order valence-electron chi connectivity index (χ4n) is 1.83. The Labute approximate surface area is 106 Å². The van der Waals surface area contributed by atoms with Crippen LogP contribution in [0, 0.1) is 12.8 Å². The number of rotatable bonds is 3. The molecule has 0 radical (unpaired) electrons. The minimum atomic E-state index is -3.46. The molecule has 4 nitrogen and oxygen atoms in total. The molecule has 0 atom stereocenters. The highest BCUT2D eigenvalue weighted by Crippen LogP contribution is 2.28. The Hall–Kier alpha value is -0.620. The second kappa shape index (κ2) is 4.57. The Morgan fingerprint density at radius 1 is 1.47 bits per heavy atom. The van der Waals surface area contributed by atoms with Crippen molar-refractivity contribution in [3.05, 3.63) is 28.8 Å². The van der Waals surface area contributed by atoms with Gasteiger partial charge in [-0.25, -0.2) is 8.42 Å². The second-order valence-corrected chi connectivity index (χ2v) is 6.62. The first kappa shape index (κ1) is 12.8. The fraction of sp³-hybridized carbons (Fsp3) is 0.455. The van der Waals surface area contributed by atoms with Crippen LogP contribution < -0.4 is 0 Å². The van der Waals surface area contributed by atoms with Gasteiger partial charge in [0.25, 0.3) is 0 Å². The maximum Gasteiger partial charge on any atom is 0.243 e. The van der Waals surface area contributed by atoms with E-state index in [1.54, 1.807) is 19.1 Å². The first-order valence-corrected chi connectivity index (χ1v) is 7.14. The van der Waals surface area contributed by atoms with E-state index in [4.69, 9.17) is 16.7 Å². The summed E-state index contributed by atoms with van der Waals surface area (Å²) in [5.74, 6) is 0.0595. The molecule has 0 saturated carbocycles. The minimum Gasteiger partial charge on any atom is -0.396 e. The van der Waals surface area contributed by atoms with E-state index in [0.29, 0.717) is 23.7 Å². The van der Waals surface area contributed by atoms with Gasteiger partial charge >= 0.3 is 0 Å². The molecule has 0 bridgehead atoms. The maximum atomic E-state index is 12.2. The minimum absolute atomic E-state index is 0.0283. The molecule has 1 aromatic carbocycles. The van der Waals surface area contributed by atoms with Crippen LogP contribution >= 0.6 is 11.6 Å². The van der Waals surface area contributed by atoms with Crippen molar-refractivity contribution in [1.82, 2.24) is 4.31 Å². The summed E-state index contributed by atoms with van der Waals surface area (Å²) >= 11 is 5.82. The lowest BCUT2D eigenvalue weighted by molar-refractivity contribution is 0.117. The van der Waals surface area contributed by atoms with Crippen LogP contribution in [0.3, 0.4) is 0 Å². The van der Waals surface area contributed by atoms with Crippen molar-refractivity contribution in [3.8, 4) is 0 Å². The first-order chi connectivity index (χ1) is 7.95. The van der Waals surface area contributed by atoms with Gasteiger partial charge in [-0.2, -0.15) is 4.31 Å². The third-order valence-corrected chi connectivity index (χ3v) is 5.16. The van der Waals surface area contributed by atoms with E-state index in [9.17, 15) is 8.42 Å². The van der Waals surface area contributed by atoms with E-state index in [0.717, 1.165) is 0 Å². The van der Waals surface area contributed by atoms with Gasteiger partial charge in [-0.05, 0) is 24.6 Å². The normalized spacial score (nSPS) is 18.1. The highest BCUT2D eigenvalue weighted by Gasteiger charge is 2.36. The molecule has 0 aromatic heterocycles. The molecule has 0 amide bonds. The number of sulfonamides is 1. The second-order valence-electron chi connectivity index (χ2n) is 4.28. The van der Waals surface area contributed by atoms with E-state index >= 15 is 0 Å². The van der Waals surface area contributed by atoms with Crippen LogP contribution in [-0.4, -0.2) is 37.5 Å². The highest BCUT2D eigenvalue weighted by molar-refractivity contribution is 7.89. The Balaban J connectivity index is 2.30. The summed E-state index contributed by atoms with van der Waals surface area (Å²) in [5, 5.41) is 9.31. The summed E-state index contributed by atoms with van der Waals surface area (Å²) in [5.41, 5.74) is 0.682. The first-order valence-electron chi connectivity index (χ1n) is 5.32. The Kier molecular flexibility index (Phi) is 3.45. The smallest absolute Gasteiger partial charge is 0.243 e. The lowest BCUT2D eigenvalue weighted by Gasteiger charge is -2.37. The van der Waals surface area contributed by atoms with Gasteiger partial charge in [0.1, 0.15) is 0 Å². The third kappa shape index (κ3) is 2.33. The molecule has 17 heavy (non-hydrogen) atoms. The number of hydrogen-bond donors (Lipinski definition) is 1. The predicted molar refractivity (Wildman–Crippen MR) is 65.5 cm³/mol. The zero-order valence-electron chi connectivity index (χ0n) is 9.43. The topological polar surface area (TPSA) is 57.6 Å². The molecule has 1 N–H and O–H groups in total. The predicted octanol–water partition coefficient (Wildman–Crippen LogP) is 1.26. The molecule has 1 aromatic rings. The van der Waals surface area contributed by atoms with Crippen molar-refractivity contribution in [2.75, 3.05) is 19.7 Å². The number of aliphatic hydroxyl groups is 1. The fourth-order valence-corrected chi connectivity index (χ4v) is 3.91. The molecular weight excluding hydrogens is 262 g/mol. The Morgan fingerprint density at radius 3 is 2.71 bits per heavy atom. The van der Waals surface area contributed by atoms with E-state index in [2.05, 4.69) is 0 Å². The SMILES string of the molecule is Cc1ccc(Cl)cc1S(=O)(=O)N1CC(CO)C1. The number of aliphatic hydroxyl groups excluding tert-OH is 1. The summed E-state index contributed by atoms with van der Waals surface area (Å²) in [7, 11) is -3.46. The van der Waals surface area contributed by atoms with Crippen LogP contribution in [0.25, 0.3) is 0 Å². The van der Waals surface area contributed by atoms with Crippen molar-refractivity contribution in [2.45, 2.75) is 11.8 Å². The summed E-state index contributed by atoms with van der Waals surface area (Å²) in [6.07, 6.45) is 0. The molecule has 1 saturated heterocycles. The largest absolute Gasteiger partial charge is 0.396 e. The molecule has 1 aliphatic heterocycles. The van der Waals surface area contributed by atoms with Crippen molar-refractivity contribution in [2.24, 2.45) is 5.92 Å². The van der Waals surface area contributed by atoms with Gasteiger partial charge in [0.05, 0.1) is 4.90 Å². The molecule has 0 aliphatic carbocycles. The molecule has 1 heterocycles. The van der Waals surface area contributed by atoms with Gasteiger partial charge in [-0.3, -0.25) is 0 Å². The van der Waals surface area contributed by atoms with Crippen LogP contribution in [0.1, 0.15) is 5.56 Å². The van der Waals surface area contributed by atoms with Gasteiger partial charge in [0, 0.05) is 30.6 Å². The van der Waals surface area contributed by atoms with Gasteiger partial charge in [-0.15, -0.1) is 0 Å². The highest BCUT2D eigenvalue weighted by atomic mass is 35.5. The number of benzene rings is 1. The third-order valence-electron chi connectivity index (χ3n) is 2.95. The van der Waals surface area contributed by atoms with E-state index in [1.807, 2.05) is 0 Å². The number of halogens is 1. The molecule has 94 valence electrons. The standard InChI is InChI=1S/C11H14ClNO3S/c1-8-2-3-10(12)4-11(8)17(15,16)13-5-9(6-13)7-14/h2-4,9,14H,5-7H2,1H3. The van der Waals surface area contributed by atoms with Crippen molar-refractivity contribution in [1.29, 1.82) is 0 Å². The summed E-state index contributed by atoms with van der Waals surface area (Å²) < 4.78 is 25.8. The molecular formula is C11H14ClNO3S. The molecule has 1 aliphatic rings. The van der Waals surface area contributed by atoms with Crippen LogP contribution in [0.4, 0.5) is 0 Å². The summed E-state index contributed by atoms with van der Waals surface area (Å²) in [6, 6.07) is 4.83. The molecule has 1 fully saturated rings. The van der Waals surface area contributed by atoms with E-state index in [1.165, 1.54) is 10.4 Å². The maximum absolute atomic E-state index is 12.2. The monoisotopic (exact) mass is 275 g/mol. The van der Waals surface area contributed by atoms with E-state index < -0.39 is 10.0 Å². The quantitative estimate of drug-likeness (QED) is 0.904. The average Bonchev–Trinajstić information content (AvgIpc) is 2.19. The molecule has 6 heteroatoms.